The van der Waals surface area contributed by atoms with E-state index in [1.165, 1.54) is 19.3 Å². The fourth-order valence-electron chi connectivity index (χ4n) is 4.02. The number of carbonyl (C=O) groups is 1. The fraction of sp³-hybridized carbons (Fsp3) is 0.269. The van der Waals surface area contributed by atoms with Gasteiger partial charge in [0.1, 0.15) is 0 Å². The predicted molar refractivity (Wildman–Crippen MR) is 134 cm³/mol. The van der Waals surface area contributed by atoms with Crippen molar-refractivity contribution in [3.05, 3.63) is 83.4 Å². The summed E-state index contributed by atoms with van der Waals surface area (Å²) >= 11 is 0. The van der Waals surface area contributed by atoms with Gasteiger partial charge in [0.15, 0.2) is 0 Å². The number of nitrogens with one attached hydrogen (secondary N) is 2. The van der Waals surface area contributed by atoms with Gasteiger partial charge in [-0.3, -0.25) is 9.52 Å². The van der Waals surface area contributed by atoms with Crippen molar-refractivity contribution in [2.24, 2.45) is 0 Å². The lowest BCUT2D eigenvalue weighted by atomic mass is 10.1. The van der Waals surface area contributed by atoms with Crippen molar-refractivity contribution < 1.29 is 13.2 Å². The van der Waals surface area contributed by atoms with Crippen LogP contribution >= 0.6 is 0 Å². The number of rotatable bonds is 6. The summed E-state index contributed by atoms with van der Waals surface area (Å²) < 4.78 is 28.2. The van der Waals surface area contributed by atoms with Crippen molar-refractivity contribution in [1.82, 2.24) is 0 Å². The number of hydrogen-bond acceptors (Lipinski definition) is 4. The Labute approximate surface area is 195 Å². The molecule has 0 aromatic heterocycles. The van der Waals surface area contributed by atoms with Gasteiger partial charge in [-0.1, -0.05) is 23.8 Å². The smallest absolute Gasteiger partial charge is 0.261 e. The van der Waals surface area contributed by atoms with Crippen LogP contribution in [0.15, 0.2) is 71.6 Å². The van der Waals surface area contributed by atoms with Gasteiger partial charge in [-0.25, -0.2) is 8.42 Å². The van der Waals surface area contributed by atoms with E-state index >= 15 is 0 Å². The van der Waals surface area contributed by atoms with Crippen molar-refractivity contribution in [2.45, 2.75) is 38.0 Å². The summed E-state index contributed by atoms with van der Waals surface area (Å²) in [5, 5.41) is 2.92. The molecule has 1 saturated heterocycles. The minimum absolute atomic E-state index is 0.177. The Kier molecular flexibility index (Phi) is 6.70. The predicted octanol–water partition coefficient (Wildman–Crippen LogP) is 5.35. The Balaban J connectivity index is 1.48. The van der Waals surface area contributed by atoms with E-state index in [1.807, 2.05) is 31.2 Å². The standard InChI is InChI=1S/C26H29N3O3S/c1-19-9-15-23(16-10-19)33(31,32)28-25-8-6-7-24(20(25)2)26(30)27-21-11-13-22(14-12-21)29-17-4-3-5-18-29/h6-16,28H,3-5,17-18H2,1-2H3,(H,27,30). The molecular weight excluding hydrogens is 434 g/mol. The van der Waals surface area contributed by atoms with Gasteiger partial charge in [-0.2, -0.15) is 0 Å². The van der Waals surface area contributed by atoms with Crippen LogP contribution in [0, 0.1) is 13.8 Å². The number of anilines is 3. The lowest BCUT2D eigenvalue weighted by Crippen LogP contribution is -2.29. The number of piperidine rings is 1. The van der Waals surface area contributed by atoms with Crippen LogP contribution < -0.4 is 14.9 Å². The Bertz CT molecular complexity index is 1230. The van der Waals surface area contributed by atoms with E-state index in [1.54, 1.807) is 49.4 Å². The summed E-state index contributed by atoms with van der Waals surface area (Å²) in [5.74, 6) is -0.283. The summed E-state index contributed by atoms with van der Waals surface area (Å²) in [6, 6.07) is 19.5. The number of hydrogen-bond donors (Lipinski definition) is 2. The molecule has 172 valence electrons. The first-order chi connectivity index (χ1) is 15.8. The molecule has 0 unspecified atom stereocenters. The van der Waals surface area contributed by atoms with Crippen LogP contribution in [0.5, 0.6) is 0 Å². The van der Waals surface area contributed by atoms with Crippen LogP contribution in [0.1, 0.15) is 40.7 Å². The molecule has 1 aliphatic heterocycles. The number of sulfonamides is 1. The molecule has 2 N–H and O–H groups in total. The van der Waals surface area contributed by atoms with Crippen LogP contribution in [0.3, 0.4) is 0 Å². The normalized spacial score (nSPS) is 14.1. The third kappa shape index (κ3) is 5.37. The second-order valence-corrected chi connectivity index (χ2v) is 10.1. The van der Waals surface area contributed by atoms with Crippen LogP contribution in [-0.4, -0.2) is 27.4 Å². The minimum atomic E-state index is -3.76. The quantitative estimate of drug-likeness (QED) is 0.517. The van der Waals surface area contributed by atoms with E-state index in [0.717, 1.165) is 24.3 Å². The molecule has 0 bridgehead atoms. The number of carbonyl (C=O) groups excluding carboxylic acids is 1. The topological polar surface area (TPSA) is 78.5 Å². The lowest BCUT2D eigenvalue weighted by molar-refractivity contribution is 0.102. The lowest BCUT2D eigenvalue weighted by Gasteiger charge is -2.28. The molecule has 3 aromatic rings. The zero-order valence-electron chi connectivity index (χ0n) is 19.0. The van der Waals surface area contributed by atoms with Gasteiger partial charge in [0.2, 0.25) is 0 Å². The van der Waals surface area contributed by atoms with Crippen molar-refractivity contribution >= 4 is 33.0 Å². The molecule has 0 spiro atoms. The zero-order valence-corrected chi connectivity index (χ0v) is 19.8. The van der Waals surface area contributed by atoms with Gasteiger partial charge in [0.25, 0.3) is 15.9 Å². The largest absolute Gasteiger partial charge is 0.372 e. The van der Waals surface area contributed by atoms with E-state index in [2.05, 4.69) is 14.9 Å². The maximum atomic E-state index is 12.9. The molecule has 1 amide bonds. The van der Waals surface area contributed by atoms with E-state index in [0.29, 0.717) is 22.5 Å². The summed E-state index contributed by atoms with van der Waals surface area (Å²) in [6.45, 7) is 5.77. The molecule has 0 saturated carbocycles. The summed E-state index contributed by atoms with van der Waals surface area (Å²) in [5.41, 5.74) is 4.20. The number of benzene rings is 3. The highest BCUT2D eigenvalue weighted by atomic mass is 32.2. The Morgan fingerprint density at radius 1 is 0.848 bits per heavy atom. The van der Waals surface area contributed by atoms with Crippen molar-refractivity contribution in [2.75, 3.05) is 28.0 Å². The van der Waals surface area contributed by atoms with Crippen molar-refractivity contribution in [3.63, 3.8) is 0 Å². The fourth-order valence-corrected chi connectivity index (χ4v) is 5.14. The Morgan fingerprint density at radius 3 is 2.18 bits per heavy atom. The maximum Gasteiger partial charge on any atom is 0.261 e. The van der Waals surface area contributed by atoms with Gasteiger partial charge in [-0.15, -0.1) is 0 Å². The highest BCUT2D eigenvalue weighted by Gasteiger charge is 2.18. The van der Waals surface area contributed by atoms with E-state index in [9.17, 15) is 13.2 Å². The molecule has 0 radical (unpaired) electrons. The maximum absolute atomic E-state index is 12.9. The highest BCUT2D eigenvalue weighted by Crippen LogP contribution is 2.25. The average Bonchev–Trinajstić information content (AvgIpc) is 2.81. The first-order valence-corrected chi connectivity index (χ1v) is 12.7. The SMILES string of the molecule is Cc1ccc(S(=O)(=O)Nc2cccc(C(=O)Nc3ccc(N4CCCCC4)cc3)c2C)cc1. The highest BCUT2D eigenvalue weighted by molar-refractivity contribution is 7.92. The second kappa shape index (κ2) is 9.67. The number of nitrogens with zero attached hydrogens (tertiary/aromatic N) is 1. The zero-order chi connectivity index (χ0) is 23.4. The van der Waals surface area contributed by atoms with Gasteiger partial charge in [0.05, 0.1) is 10.6 Å². The number of aryl methyl sites for hydroxylation is 1. The molecule has 0 aliphatic carbocycles. The molecule has 7 heteroatoms. The van der Waals surface area contributed by atoms with Gasteiger partial charge in [0, 0.05) is 30.0 Å². The van der Waals surface area contributed by atoms with E-state index < -0.39 is 10.0 Å². The average molecular weight is 464 g/mol. The monoisotopic (exact) mass is 463 g/mol. The molecule has 3 aromatic carbocycles. The third-order valence-electron chi connectivity index (χ3n) is 6.00. The van der Waals surface area contributed by atoms with Gasteiger partial charge in [-0.05, 0) is 87.2 Å². The molecule has 0 atom stereocenters. The number of amides is 1. The molecular formula is C26H29N3O3S. The van der Waals surface area contributed by atoms with Crippen LogP contribution in [0.25, 0.3) is 0 Å². The van der Waals surface area contributed by atoms with Crippen molar-refractivity contribution in [3.8, 4) is 0 Å². The van der Waals surface area contributed by atoms with Crippen LogP contribution in [-0.2, 0) is 10.0 Å². The molecule has 6 nitrogen and oxygen atoms in total. The van der Waals surface area contributed by atoms with Crippen molar-refractivity contribution in [1.29, 1.82) is 0 Å². The molecule has 1 fully saturated rings. The molecule has 1 aliphatic rings. The van der Waals surface area contributed by atoms with Crippen LogP contribution in [0.4, 0.5) is 17.1 Å². The van der Waals surface area contributed by atoms with Gasteiger partial charge >= 0.3 is 0 Å². The first-order valence-electron chi connectivity index (χ1n) is 11.2. The Hall–Kier alpha value is -3.32. The first kappa shape index (κ1) is 22.9. The van der Waals surface area contributed by atoms with E-state index in [-0.39, 0.29) is 10.8 Å². The molecule has 1 heterocycles. The summed E-state index contributed by atoms with van der Waals surface area (Å²) in [7, 11) is -3.76. The Morgan fingerprint density at radius 2 is 1.52 bits per heavy atom. The second-order valence-electron chi connectivity index (χ2n) is 8.45. The third-order valence-corrected chi connectivity index (χ3v) is 7.38. The summed E-state index contributed by atoms with van der Waals surface area (Å²) in [6.07, 6.45) is 3.70. The van der Waals surface area contributed by atoms with Gasteiger partial charge < -0.3 is 10.2 Å². The summed E-state index contributed by atoms with van der Waals surface area (Å²) in [4.78, 5) is 15.5. The van der Waals surface area contributed by atoms with Crippen LogP contribution in [0.2, 0.25) is 0 Å². The molecule has 33 heavy (non-hydrogen) atoms. The molecule has 4 rings (SSSR count). The minimum Gasteiger partial charge on any atom is -0.372 e. The van der Waals surface area contributed by atoms with E-state index in [4.69, 9.17) is 0 Å².